The highest BCUT2D eigenvalue weighted by Crippen LogP contribution is 2.23. The number of fused-ring (bicyclic) bond motifs is 1. The molecule has 1 aliphatic heterocycles. The molecule has 0 saturated carbocycles. The maximum absolute atomic E-state index is 3.27. The number of hydrogen-bond donors (Lipinski definition) is 0. The second-order valence-corrected chi connectivity index (χ2v) is 3.04. The summed E-state index contributed by atoms with van der Waals surface area (Å²) in [6.45, 7) is 5.36. The van der Waals surface area contributed by atoms with Gasteiger partial charge in [-0.1, -0.05) is 24.3 Å². The number of allylic oxidation sites excluding steroid dienone is 1. The Bertz CT molecular complexity index is 326. The van der Waals surface area contributed by atoms with E-state index in [9.17, 15) is 0 Å². The number of nitrogens with zero attached hydrogens (tertiary/aromatic N) is 1. The summed E-state index contributed by atoms with van der Waals surface area (Å²) >= 11 is 0. The van der Waals surface area contributed by atoms with Crippen LogP contribution in [0.2, 0.25) is 0 Å². The molecular weight excluding hydrogens is 146 g/mol. The van der Waals surface area contributed by atoms with Gasteiger partial charge in [0.2, 0.25) is 0 Å². The Labute approximate surface area is 73.3 Å². The average molecular weight is 157 g/mol. The van der Waals surface area contributed by atoms with E-state index in [1.807, 2.05) is 18.0 Å². The van der Waals surface area contributed by atoms with Crippen LogP contribution in [0.4, 0.5) is 0 Å². The quantitative estimate of drug-likeness (QED) is 0.559. The molecule has 1 heterocycles. The zero-order valence-electron chi connectivity index (χ0n) is 7.33. The van der Waals surface area contributed by atoms with Crippen LogP contribution in [0, 0.1) is 6.54 Å². The Morgan fingerprint density at radius 3 is 2.83 bits per heavy atom. The molecule has 1 nitrogen and oxygen atoms in total. The van der Waals surface area contributed by atoms with E-state index in [-0.39, 0.29) is 0 Å². The molecule has 0 fully saturated rings. The van der Waals surface area contributed by atoms with Gasteiger partial charge >= 0.3 is 0 Å². The maximum atomic E-state index is 3.27. The first-order chi connectivity index (χ1) is 5.77. The highest BCUT2D eigenvalue weighted by Gasteiger charge is 2.11. The van der Waals surface area contributed by atoms with Crippen molar-refractivity contribution >= 4 is 6.08 Å². The van der Waals surface area contributed by atoms with Gasteiger partial charge in [0.15, 0.2) is 0 Å². The van der Waals surface area contributed by atoms with Crippen LogP contribution in [0.25, 0.3) is 6.08 Å². The van der Waals surface area contributed by atoms with Crippen molar-refractivity contribution in [3.63, 3.8) is 0 Å². The molecule has 0 saturated heterocycles. The van der Waals surface area contributed by atoms with E-state index in [0.717, 1.165) is 0 Å². The number of benzene rings is 1. The molecule has 0 N–H and O–H groups in total. The van der Waals surface area contributed by atoms with Crippen LogP contribution < -0.4 is 0 Å². The minimum atomic E-state index is 1.17. The Hall–Kier alpha value is -1.24. The SMILES string of the molecule is CC1=Cc2ccccc2[C]N1C. The van der Waals surface area contributed by atoms with Crippen LogP contribution in [-0.4, -0.2) is 11.9 Å². The van der Waals surface area contributed by atoms with E-state index >= 15 is 0 Å². The van der Waals surface area contributed by atoms with Gasteiger partial charge in [0.1, 0.15) is 6.54 Å². The lowest BCUT2D eigenvalue weighted by Gasteiger charge is -2.24. The molecule has 1 aliphatic rings. The lowest BCUT2D eigenvalue weighted by atomic mass is 10.0. The molecule has 2 rings (SSSR count). The first-order valence-electron chi connectivity index (χ1n) is 4.05. The molecule has 12 heavy (non-hydrogen) atoms. The van der Waals surface area contributed by atoms with Crippen molar-refractivity contribution in [2.24, 2.45) is 0 Å². The normalized spacial score (nSPS) is 15.5. The van der Waals surface area contributed by atoms with Crippen molar-refractivity contribution in [3.05, 3.63) is 47.6 Å². The van der Waals surface area contributed by atoms with Gasteiger partial charge in [-0.2, -0.15) is 0 Å². The van der Waals surface area contributed by atoms with E-state index in [4.69, 9.17) is 0 Å². The predicted molar refractivity (Wildman–Crippen MR) is 50.2 cm³/mol. The number of hydrogen-bond acceptors (Lipinski definition) is 1. The molecule has 1 aromatic rings. The molecule has 0 unspecified atom stereocenters. The van der Waals surface area contributed by atoms with Crippen LogP contribution in [-0.2, 0) is 0 Å². The van der Waals surface area contributed by atoms with Gasteiger partial charge in [0.05, 0.1) is 0 Å². The molecule has 1 aromatic carbocycles. The van der Waals surface area contributed by atoms with E-state index < -0.39 is 0 Å². The number of rotatable bonds is 0. The molecular formula is C11H11N. The summed E-state index contributed by atoms with van der Waals surface area (Å²) in [5.41, 5.74) is 3.66. The summed E-state index contributed by atoms with van der Waals surface area (Å²) in [5.74, 6) is 0. The summed E-state index contributed by atoms with van der Waals surface area (Å²) in [5, 5.41) is 0. The van der Waals surface area contributed by atoms with Crippen LogP contribution in [0.15, 0.2) is 30.0 Å². The van der Waals surface area contributed by atoms with Gasteiger partial charge in [0.25, 0.3) is 0 Å². The van der Waals surface area contributed by atoms with Gasteiger partial charge in [-0.25, -0.2) is 0 Å². The smallest absolute Gasteiger partial charge is 0.126 e. The van der Waals surface area contributed by atoms with Crippen molar-refractivity contribution in [2.75, 3.05) is 7.05 Å². The molecule has 0 amide bonds. The Balaban J connectivity index is 2.49. The van der Waals surface area contributed by atoms with Crippen molar-refractivity contribution in [2.45, 2.75) is 6.92 Å². The molecule has 2 radical (unpaired) electrons. The Morgan fingerprint density at radius 2 is 2.00 bits per heavy atom. The van der Waals surface area contributed by atoms with E-state index in [1.165, 1.54) is 16.8 Å². The van der Waals surface area contributed by atoms with Gasteiger partial charge in [0, 0.05) is 12.7 Å². The Kier molecular flexibility index (Phi) is 1.65. The van der Waals surface area contributed by atoms with Crippen molar-refractivity contribution in [3.8, 4) is 0 Å². The third kappa shape index (κ3) is 1.11. The molecule has 0 aromatic heterocycles. The van der Waals surface area contributed by atoms with Crippen molar-refractivity contribution in [1.82, 2.24) is 4.90 Å². The topological polar surface area (TPSA) is 3.24 Å². The first-order valence-corrected chi connectivity index (χ1v) is 4.05. The monoisotopic (exact) mass is 157 g/mol. The van der Waals surface area contributed by atoms with Gasteiger partial charge < -0.3 is 4.90 Å². The van der Waals surface area contributed by atoms with Crippen LogP contribution in [0.1, 0.15) is 18.1 Å². The second kappa shape index (κ2) is 2.67. The molecule has 60 valence electrons. The van der Waals surface area contributed by atoms with E-state index in [0.29, 0.717) is 0 Å². The summed E-state index contributed by atoms with van der Waals surface area (Å²) in [6, 6.07) is 8.28. The Morgan fingerprint density at radius 1 is 1.25 bits per heavy atom. The van der Waals surface area contributed by atoms with Crippen molar-refractivity contribution < 1.29 is 0 Å². The minimum Gasteiger partial charge on any atom is -0.363 e. The summed E-state index contributed by atoms with van der Waals surface area (Å²) in [4.78, 5) is 2.02. The molecule has 0 spiro atoms. The highest BCUT2D eigenvalue weighted by molar-refractivity contribution is 5.60. The third-order valence-corrected chi connectivity index (χ3v) is 2.14. The fraction of sp³-hybridized carbons (Fsp3) is 0.182. The average Bonchev–Trinajstić information content (AvgIpc) is 2.07. The fourth-order valence-corrected chi connectivity index (χ4v) is 1.32. The largest absolute Gasteiger partial charge is 0.363 e. The summed E-state index contributed by atoms with van der Waals surface area (Å²) in [7, 11) is 2.02. The van der Waals surface area contributed by atoms with Crippen LogP contribution in [0.3, 0.4) is 0 Å². The zero-order valence-corrected chi connectivity index (χ0v) is 7.33. The lowest BCUT2D eigenvalue weighted by molar-refractivity contribution is 0.522. The fourth-order valence-electron chi connectivity index (χ4n) is 1.32. The molecule has 0 aliphatic carbocycles. The summed E-state index contributed by atoms with van der Waals surface area (Å²) < 4.78 is 0. The van der Waals surface area contributed by atoms with Crippen LogP contribution in [0.5, 0.6) is 0 Å². The first kappa shape index (κ1) is 7.41. The third-order valence-electron chi connectivity index (χ3n) is 2.14. The standard InChI is InChI=1S/C11H11N/c1-9-7-10-5-3-4-6-11(10)8-12(9)2/h3-7H,1-2H3. The zero-order chi connectivity index (χ0) is 8.55. The molecule has 0 atom stereocenters. The highest BCUT2D eigenvalue weighted by atomic mass is 15.1. The molecule has 1 heteroatoms. The summed E-state index contributed by atoms with van der Waals surface area (Å²) in [6.07, 6.45) is 2.17. The molecule has 0 bridgehead atoms. The lowest BCUT2D eigenvalue weighted by Crippen LogP contribution is -2.16. The van der Waals surface area contributed by atoms with Gasteiger partial charge in [-0.3, -0.25) is 0 Å². The van der Waals surface area contributed by atoms with Crippen molar-refractivity contribution in [1.29, 1.82) is 0 Å². The van der Waals surface area contributed by atoms with E-state index in [2.05, 4.69) is 37.7 Å². The maximum Gasteiger partial charge on any atom is 0.126 e. The van der Waals surface area contributed by atoms with Crippen LogP contribution >= 0.6 is 0 Å². The predicted octanol–water partition coefficient (Wildman–Crippen LogP) is 2.38. The van der Waals surface area contributed by atoms with E-state index in [1.54, 1.807) is 0 Å². The second-order valence-electron chi connectivity index (χ2n) is 3.04. The van der Waals surface area contributed by atoms with Gasteiger partial charge in [-0.15, -0.1) is 0 Å². The minimum absolute atomic E-state index is 1.17. The van der Waals surface area contributed by atoms with Gasteiger partial charge in [-0.05, 0) is 24.1 Å².